The zero-order valence-corrected chi connectivity index (χ0v) is 16.5. The second-order valence-corrected chi connectivity index (χ2v) is 8.61. The number of allylic oxidation sites excluding steroid dienone is 1. The van der Waals surface area contributed by atoms with E-state index < -0.39 is 0 Å². The standard InChI is InChI=1S/C20H26N4O2S/c1-3-8-24-19(17-5-4-9-26-17)22-23-20(24)27-12-18(25)21-13(2)16-11-14-6-7-15(16)10-14/h3-5,9,13-16H,1,6-8,10-12H2,2H3,(H,21,25). The van der Waals surface area contributed by atoms with E-state index in [2.05, 4.69) is 29.0 Å². The van der Waals surface area contributed by atoms with Crippen molar-refractivity contribution in [2.24, 2.45) is 17.8 Å². The van der Waals surface area contributed by atoms with E-state index in [1.807, 2.05) is 16.7 Å². The molecule has 1 N–H and O–H groups in total. The van der Waals surface area contributed by atoms with E-state index in [1.54, 1.807) is 12.3 Å². The number of aromatic nitrogens is 3. The van der Waals surface area contributed by atoms with Gasteiger partial charge in [-0.05, 0) is 56.1 Å². The topological polar surface area (TPSA) is 73.0 Å². The first-order valence-electron chi connectivity index (χ1n) is 9.65. The zero-order chi connectivity index (χ0) is 18.8. The van der Waals surface area contributed by atoms with Crippen molar-refractivity contribution in [3.05, 3.63) is 31.1 Å². The number of hydrogen-bond acceptors (Lipinski definition) is 5. The Morgan fingerprint density at radius 2 is 2.37 bits per heavy atom. The van der Waals surface area contributed by atoms with Crippen LogP contribution in [0.5, 0.6) is 0 Å². The summed E-state index contributed by atoms with van der Waals surface area (Å²) in [5.74, 6) is 4.05. The molecule has 7 heteroatoms. The number of nitrogens with one attached hydrogen (secondary N) is 1. The normalized spacial score (nSPS) is 24.9. The molecule has 2 bridgehead atoms. The van der Waals surface area contributed by atoms with Crippen LogP contribution < -0.4 is 5.32 Å². The number of carbonyl (C=O) groups is 1. The van der Waals surface area contributed by atoms with Crippen LogP contribution in [0, 0.1) is 17.8 Å². The van der Waals surface area contributed by atoms with Gasteiger partial charge in [0.25, 0.3) is 0 Å². The Bertz CT molecular complexity index is 801. The first-order valence-corrected chi connectivity index (χ1v) is 10.6. The van der Waals surface area contributed by atoms with Crippen molar-refractivity contribution in [3.63, 3.8) is 0 Å². The molecular weight excluding hydrogens is 360 g/mol. The van der Waals surface area contributed by atoms with E-state index in [4.69, 9.17) is 4.42 Å². The molecule has 4 unspecified atom stereocenters. The van der Waals surface area contributed by atoms with Gasteiger partial charge in [0.2, 0.25) is 11.7 Å². The van der Waals surface area contributed by atoms with Crippen LogP contribution in [0.4, 0.5) is 0 Å². The summed E-state index contributed by atoms with van der Waals surface area (Å²) in [4.78, 5) is 12.5. The fraction of sp³-hybridized carbons (Fsp3) is 0.550. The summed E-state index contributed by atoms with van der Waals surface area (Å²) in [5.41, 5.74) is 0. The molecule has 0 spiro atoms. The molecular formula is C20H26N4O2S. The van der Waals surface area contributed by atoms with Crippen LogP contribution in [0.1, 0.15) is 32.6 Å². The maximum Gasteiger partial charge on any atom is 0.230 e. The molecule has 4 atom stereocenters. The Hall–Kier alpha value is -2.02. The van der Waals surface area contributed by atoms with Gasteiger partial charge in [-0.3, -0.25) is 9.36 Å². The van der Waals surface area contributed by atoms with Crippen molar-refractivity contribution in [1.29, 1.82) is 0 Å². The Morgan fingerprint density at radius 1 is 1.48 bits per heavy atom. The van der Waals surface area contributed by atoms with Gasteiger partial charge in [-0.25, -0.2) is 0 Å². The Labute approximate surface area is 163 Å². The van der Waals surface area contributed by atoms with Gasteiger partial charge in [0.15, 0.2) is 10.9 Å². The molecule has 4 rings (SSSR count). The number of fused-ring (bicyclic) bond motifs is 2. The second kappa shape index (κ2) is 7.92. The molecule has 2 heterocycles. The largest absolute Gasteiger partial charge is 0.461 e. The fourth-order valence-corrected chi connectivity index (χ4v) is 5.48. The van der Waals surface area contributed by atoms with Gasteiger partial charge in [-0.15, -0.1) is 16.8 Å². The third-order valence-electron chi connectivity index (χ3n) is 5.93. The second-order valence-electron chi connectivity index (χ2n) is 7.67. The van der Waals surface area contributed by atoms with Crippen LogP contribution in [0.15, 0.2) is 40.6 Å². The van der Waals surface area contributed by atoms with Crippen LogP contribution in [0.2, 0.25) is 0 Å². The van der Waals surface area contributed by atoms with E-state index in [0.717, 1.165) is 11.8 Å². The molecule has 0 radical (unpaired) electrons. The Morgan fingerprint density at radius 3 is 3.04 bits per heavy atom. The van der Waals surface area contributed by atoms with Crippen molar-refractivity contribution in [2.45, 2.75) is 50.4 Å². The number of hydrogen-bond donors (Lipinski definition) is 1. The maximum absolute atomic E-state index is 12.5. The molecule has 2 aliphatic rings. The van der Waals surface area contributed by atoms with Gasteiger partial charge < -0.3 is 9.73 Å². The highest BCUT2D eigenvalue weighted by Crippen LogP contribution is 2.49. The average molecular weight is 387 g/mol. The third kappa shape index (κ3) is 3.83. The van der Waals surface area contributed by atoms with Crippen molar-refractivity contribution >= 4 is 17.7 Å². The number of furan rings is 1. The van der Waals surface area contributed by atoms with E-state index in [9.17, 15) is 4.79 Å². The van der Waals surface area contributed by atoms with Crippen LogP contribution in [-0.2, 0) is 11.3 Å². The number of thioether (sulfide) groups is 1. The maximum atomic E-state index is 12.5. The zero-order valence-electron chi connectivity index (χ0n) is 15.6. The van der Waals surface area contributed by atoms with E-state index in [0.29, 0.717) is 35.0 Å². The van der Waals surface area contributed by atoms with Crippen LogP contribution in [-0.4, -0.2) is 32.5 Å². The highest BCUT2D eigenvalue weighted by atomic mass is 32.2. The van der Waals surface area contributed by atoms with Gasteiger partial charge in [-0.1, -0.05) is 24.3 Å². The van der Waals surface area contributed by atoms with Gasteiger partial charge in [-0.2, -0.15) is 0 Å². The summed E-state index contributed by atoms with van der Waals surface area (Å²) >= 11 is 1.40. The van der Waals surface area contributed by atoms with Gasteiger partial charge in [0.05, 0.1) is 12.0 Å². The summed E-state index contributed by atoms with van der Waals surface area (Å²) in [6, 6.07) is 3.92. The van der Waals surface area contributed by atoms with Gasteiger partial charge in [0.1, 0.15) is 0 Å². The number of carbonyl (C=O) groups excluding carboxylic acids is 1. The minimum Gasteiger partial charge on any atom is -0.461 e. The predicted molar refractivity (Wildman–Crippen MR) is 105 cm³/mol. The Kier molecular flexibility index (Phi) is 5.38. The fourth-order valence-electron chi connectivity index (χ4n) is 4.72. The molecule has 2 fully saturated rings. The summed E-state index contributed by atoms with van der Waals surface area (Å²) in [7, 11) is 0. The predicted octanol–water partition coefficient (Wildman–Crippen LogP) is 3.76. The number of amides is 1. The van der Waals surface area contributed by atoms with Crippen molar-refractivity contribution in [3.8, 4) is 11.6 Å². The summed E-state index contributed by atoms with van der Waals surface area (Å²) in [5, 5.41) is 12.4. The van der Waals surface area contributed by atoms with Gasteiger partial charge >= 0.3 is 0 Å². The molecule has 27 heavy (non-hydrogen) atoms. The Balaban J connectivity index is 1.35. The molecule has 2 aromatic rings. The van der Waals surface area contributed by atoms with E-state index in [-0.39, 0.29) is 11.9 Å². The lowest BCUT2D eigenvalue weighted by molar-refractivity contribution is -0.119. The lowest BCUT2D eigenvalue weighted by Gasteiger charge is -2.28. The van der Waals surface area contributed by atoms with Crippen LogP contribution in [0.3, 0.4) is 0 Å². The number of nitrogens with zero attached hydrogens (tertiary/aromatic N) is 3. The lowest BCUT2D eigenvalue weighted by Crippen LogP contribution is -2.40. The van der Waals surface area contributed by atoms with Crippen molar-refractivity contribution in [1.82, 2.24) is 20.1 Å². The number of rotatable bonds is 8. The molecule has 1 amide bonds. The SMILES string of the molecule is C=CCn1c(SCC(=O)NC(C)C2CC3CCC2C3)nnc1-c1ccco1. The summed E-state index contributed by atoms with van der Waals surface area (Å²) in [6.07, 6.45) is 8.76. The minimum atomic E-state index is 0.0583. The lowest BCUT2D eigenvalue weighted by atomic mass is 9.84. The highest BCUT2D eigenvalue weighted by molar-refractivity contribution is 7.99. The molecule has 6 nitrogen and oxygen atoms in total. The first kappa shape index (κ1) is 18.3. The minimum absolute atomic E-state index is 0.0583. The van der Waals surface area contributed by atoms with Crippen LogP contribution >= 0.6 is 11.8 Å². The first-order chi connectivity index (χ1) is 13.2. The molecule has 2 aliphatic carbocycles. The summed E-state index contributed by atoms with van der Waals surface area (Å²) < 4.78 is 7.35. The van der Waals surface area contributed by atoms with Gasteiger partial charge in [0, 0.05) is 12.6 Å². The smallest absolute Gasteiger partial charge is 0.230 e. The highest BCUT2D eigenvalue weighted by Gasteiger charge is 2.42. The monoisotopic (exact) mass is 386 g/mol. The molecule has 0 saturated heterocycles. The molecule has 2 saturated carbocycles. The quantitative estimate of drug-likeness (QED) is 0.552. The third-order valence-corrected chi connectivity index (χ3v) is 6.89. The van der Waals surface area contributed by atoms with Crippen molar-refractivity contribution < 1.29 is 9.21 Å². The van der Waals surface area contributed by atoms with Crippen molar-refractivity contribution in [2.75, 3.05) is 5.75 Å². The average Bonchev–Trinajstić information content (AvgIpc) is 3.43. The molecule has 0 aliphatic heterocycles. The van der Waals surface area contributed by atoms with Crippen LogP contribution in [0.25, 0.3) is 11.6 Å². The molecule has 144 valence electrons. The molecule has 0 aromatic carbocycles. The summed E-state index contributed by atoms with van der Waals surface area (Å²) in [6.45, 7) is 6.52. The van der Waals surface area contributed by atoms with E-state index >= 15 is 0 Å². The van der Waals surface area contributed by atoms with E-state index in [1.165, 1.54) is 37.4 Å². The molecule has 2 aromatic heterocycles.